The number of carbonyl (C=O) groups is 4. The minimum absolute atomic E-state index is 0.0397. The van der Waals surface area contributed by atoms with E-state index in [4.69, 9.17) is 16.3 Å². The summed E-state index contributed by atoms with van der Waals surface area (Å²) in [7, 11) is 1.91. The van der Waals surface area contributed by atoms with Gasteiger partial charge >= 0.3 is 5.97 Å². The Bertz CT molecular complexity index is 1520. The number of ketones is 1. The SMILES string of the molecule is CCOC(=O)C1CCN(C(=O)Cc2csc(NC(=O)C(CC3CCCC3)c3cn(C)c4cc(C(C)=O)c(Cl)cc34)n2)CC1. The van der Waals surface area contributed by atoms with E-state index < -0.39 is 5.92 Å². The lowest BCUT2D eigenvalue weighted by molar-refractivity contribution is -0.151. The van der Waals surface area contributed by atoms with Crippen LogP contribution in [0.2, 0.25) is 5.02 Å². The number of anilines is 1. The molecule has 1 N–H and O–H groups in total. The second-order valence-corrected chi connectivity index (χ2v) is 13.0. The van der Waals surface area contributed by atoms with Gasteiger partial charge in [-0.15, -0.1) is 11.3 Å². The molecule has 1 saturated carbocycles. The van der Waals surface area contributed by atoms with E-state index in [9.17, 15) is 19.2 Å². The number of nitrogens with one attached hydrogen (secondary N) is 1. The fourth-order valence-electron chi connectivity index (χ4n) is 6.46. The van der Waals surface area contributed by atoms with Gasteiger partial charge in [-0.05, 0) is 56.7 Å². The van der Waals surface area contributed by atoms with Gasteiger partial charge in [0.15, 0.2) is 10.9 Å². The normalized spacial score (nSPS) is 16.9. The average molecular weight is 627 g/mol. The molecule has 3 heterocycles. The monoisotopic (exact) mass is 626 g/mol. The molecule has 230 valence electrons. The number of aryl methyl sites for hydroxylation is 1. The third kappa shape index (κ3) is 7.12. The minimum Gasteiger partial charge on any atom is -0.466 e. The Morgan fingerprint density at radius 2 is 1.86 bits per heavy atom. The number of nitrogens with zero attached hydrogens (tertiary/aromatic N) is 3. The lowest BCUT2D eigenvalue weighted by atomic mass is 9.87. The maximum Gasteiger partial charge on any atom is 0.309 e. The second kappa shape index (κ2) is 13.6. The van der Waals surface area contributed by atoms with Gasteiger partial charge in [0.2, 0.25) is 11.8 Å². The van der Waals surface area contributed by atoms with Crippen LogP contribution in [0.5, 0.6) is 0 Å². The summed E-state index contributed by atoms with van der Waals surface area (Å²) in [6, 6.07) is 3.61. The fraction of sp³-hybridized carbons (Fsp3) is 0.531. The first-order chi connectivity index (χ1) is 20.6. The molecule has 9 nitrogen and oxygen atoms in total. The lowest BCUT2D eigenvalue weighted by Crippen LogP contribution is -2.41. The van der Waals surface area contributed by atoms with Crippen molar-refractivity contribution in [1.82, 2.24) is 14.5 Å². The fourth-order valence-corrected chi connectivity index (χ4v) is 7.47. The van der Waals surface area contributed by atoms with Crippen molar-refractivity contribution in [2.24, 2.45) is 18.9 Å². The van der Waals surface area contributed by atoms with Gasteiger partial charge < -0.3 is 19.5 Å². The Balaban J connectivity index is 1.29. The van der Waals surface area contributed by atoms with Gasteiger partial charge in [0.05, 0.1) is 35.6 Å². The van der Waals surface area contributed by atoms with Crippen LogP contribution in [0.3, 0.4) is 0 Å². The number of hydrogen-bond donors (Lipinski definition) is 1. The quantitative estimate of drug-likeness (QED) is 0.214. The van der Waals surface area contributed by atoms with Gasteiger partial charge in [0, 0.05) is 48.2 Å². The van der Waals surface area contributed by atoms with Crippen molar-refractivity contribution in [3.8, 4) is 0 Å². The number of benzene rings is 1. The van der Waals surface area contributed by atoms with Crippen LogP contribution in [0.15, 0.2) is 23.7 Å². The average Bonchev–Trinajstić information content (AvgIpc) is 3.72. The third-order valence-electron chi connectivity index (χ3n) is 8.81. The maximum atomic E-state index is 13.9. The molecule has 5 rings (SSSR count). The van der Waals surface area contributed by atoms with E-state index in [2.05, 4.69) is 10.3 Å². The third-order valence-corrected chi connectivity index (χ3v) is 9.93. The summed E-state index contributed by atoms with van der Waals surface area (Å²) in [5, 5.41) is 6.55. The molecule has 1 aromatic carbocycles. The number of piperidine rings is 1. The maximum absolute atomic E-state index is 13.9. The van der Waals surface area contributed by atoms with Crippen LogP contribution in [0.4, 0.5) is 5.13 Å². The number of fused-ring (bicyclic) bond motifs is 1. The van der Waals surface area contributed by atoms with Gasteiger partial charge in [0.1, 0.15) is 0 Å². The van der Waals surface area contributed by atoms with Crippen molar-refractivity contribution in [3.63, 3.8) is 0 Å². The highest BCUT2D eigenvalue weighted by Crippen LogP contribution is 2.39. The largest absolute Gasteiger partial charge is 0.466 e. The van der Waals surface area contributed by atoms with E-state index in [1.165, 1.54) is 31.1 Å². The van der Waals surface area contributed by atoms with Crippen LogP contribution in [-0.2, 0) is 32.6 Å². The lowest BCUT2D eigenvalue weighted by Gasteiger charge is -2.30. The van der Waals surface area contributed by atoms with E-state index in [1.54, 1.807) is 24.0 Å². The van der Waals surface area contributed by atoms with Crippen molar-refractivity contribution in [1.29, 1.82) is 0 Å². The molecule has 2 amide bonds. The number of amides is 2. The number of Topliss-reactive ketones (excluding diaryl/α,β-unsaturated/α-hetero) is 1. The standard InChI is InChI=1S/C32H39ClN4O5S/c1-4-42-31(41)21-9-11-37(12-10-21)29(39)14-22-18-43-32(34-22)35-30(40)25(13-20-7-5-6-8-20)26-17-36(3)28-16-23(19(2)38)27(33)15-24(26)28/h15-18,20-21,25H,4-14H2,1-3H3,(H,34,35,40). The van der Waals surface area contributed by atoms with Gasteiger partial charge in [-0.3, -0.25) is 19.2 Å². The van der Waals surface area contributed by atoms with Gasteiger partial charge in [-0.2, -0.15) is 0 Å². The molecule has 1 atom stereocenters. The topological polar surface area (TPSA) is 111 Å². The molecule has 1 aliphatic heterocycles. The van der Waals surface area contributed by atoms with Crippen LogP contribution in [0.1, 0.15) is 86.3 Å². The predicted octanol–water partition coefficient (Wildman–Crippen LogP) is 6.14. The number of hydrogen-bond acceptors (Lipinski definition) is 7. The molecule has 0 spiro atoms. The number of carbonyl (C=O) groups excluding carboxylic acids is 4. The van der Waals surface area contributed by atoms with Crippen molar-refractivity contribution in [2.45, 2.75) is 71.1 Å². The Morgan fingerprint density at radius 1 is 1.14 bits per heavy atom. The Morgan fingerprint density at radius 3 is 2.53 bits per heavy atom. The second-order valence-electron chi connectivity index (χ2n) is 11.8. The van der Waals surface area contributed by atoms with E-state index in [0.29, 0.717) is 59.9 Å². The summed E-state index contributed by atoms with van der Waals surface area (Å²) in [6.45, 7) is 4.68. The first-order valence-corrected chi connectivity index (χ1v) is 16.4. The van der Waals surface area contributed by atoms with Crippen LogP contribution >= 0.6 is 22.9 Å². The smallest absolute Gasteiger partial charge is 0.309 e. The number of likely N-dealkylation sites (tertiary alicyclic amines) is 1. The molecular weight excluding hydrogens is 588 g/mol. The summed E-state index contributed by atoms with van der Waals surface area (Å²) in [6.07, 6.45) is 8.58. The van der Waals surface area contributed by atoms with Crippen LogP contribution in [0, 0.1) is 11.8 Å². The molecule has 1 aliphatic carbocycles. The van der Waals surface area contributed by atoms with Crippen LogP contribution < -0.4 is 5.32 Å². The molecule has 1 saturated heterocycles. The molecule has 11 heteroatoms. The molecule has 2 aromatic heterocycles. The number of rotatable bonds is 10. The number of ether oxygens (including phenoxy) is 1. The molecule has 0 radical (unpaired) electrons. The van der Waals surface area contributed by atoms with Crippen molar-refractivity contribution in [3.05, 3.63) is 45.6 Å². The highest BCUT2D eigenvalue weighted by molar-refractivity contribution is 7.14. The molecule has 43 heavy (non-hydrogen) atoms. The highest BCUT2D eigenvalue weighted by atomic mass is 35.5. The number of halogens is 1. The van der Waals surface area contributed by atoms with E-state index in [-0.39, 0.29) is 35.9 Å². The van der Waals surface area contributed by atoms with Gasteiger partial charge in [-0.25, -0.2) is 4.98 Å². The summed E-state index contributed by atoms with van der Waals surface area (Å²) in [5.41, 5.74) is 2.82. The van der Waals surface area contributed by atoms with Crippen LogP contribution in [0.25, 0.3) is 10.9 Å². The molecule has 0 bridgehead atoms. The van der Waals surface area contributed by atoms with Crippen molar-refractivity contribution in [2.75, 3.05) is 25.0 Å². The van der Waals surface area contributed by atoms with Crippen LogP contribution in [-0.4, -0.2) is 57.7 Å². The Labute approximate surface area is 260 Å². The molecule has 2 aliphatic rings. The minimum atomic E-state index is -0.416. The zero-order valence-corrected chi connectivity index (χ0v) is 26.6. The van der Waals surface area contributed by atoms with Crippen molar-refractivity contribution >= 4 is 62.5 Å². The predicted molar refractivity (Wildman–Crippen MR) is 168 cm³/mol. The number of esters is 1. The number of aromatic nitrogens is 2. The van der Waals surface area contributed by atoms with Gasteiger partial charge in [-0.1, -0.05) is 37.3 Å². The summed E-state index contributed by atoms with van der Waals surface area (Å²) >= 11 is 7.82. The molecule has 1 unspecified atom stereocenters. The zero-order chi connectivity index (χ0) is 30.7. The first-order valence-electron chi connectivity index (χ1n) is 15.1. The van der Waals surface area contributed by atoms with Gasteiger partial charge in [0.25, 0.3) is 0 Å². The summed E-state index contributed by atoms with van der Waals surface area (Å²) < 4.78 is 7.07. The first kappa shape index (κ1) is 31.2. The summed E-state index contributed by atoms with van der Waals surface area (Å²) in [5.74, 6) is -0.587. The summed E-state index contributed by atoms with van der Waals surface area (Å²) in [4.78, 5) is 57.3. The van der Waals surface area contributed by atoms with Crippen molar-refractivity contribution < 1.29 is 23.9 Å². The highest BCUT2D eigenvalue weighted by Gasteiger charge is 2.31. The van der Waals surface area contributed by atoms with E-state index in [0.717, 1.165) is 35.7 Å². The van der Waals surface area contributed by atoms with E-state index >= 15 is 0 Å². The zero-order valence-electron chi connectivity index (χ0n) is 25.0. The Kier molecular flexibility index (Phi) is 9.86. The molecule has 2 fully saturated rings. The van der Waals surface area contributed by atoms with E-state index in [1.807, 2.05) is 23.2 Å². The Hall–Kier alpha value is -3.24. The molecular formula is C32H39ClN4O5S. The number of thiazole rings is 1. The molecule has 3 aromatic rings.